The van der Waals surface area contributed by atoms with Gasteiger partial charge >= 0.3 is 0 Å². The van der Waals surface area contributed by atoms with E-state index in [1.54, 1.807) is 18.2 Å². The van der Waals surface area contributed by atoms with E-state index in [0.717, 1.165) is 13.0 Å². The number of carbonyl (C=O) groups excluding carboxylic acids is 1. The second kappa shape index (κ2) is 8.89. The summed E-state index contributed by atoms with van der Waals surface area (Å²) in [5, 5.41) is 2.90. The highest BCUT2D eigenvalue weighted by atomic mass is 19.1. The van der Waals surface area contributed by atoms with Crippen LogP contribution in [0.4, 0.5) is 4.39 Å². The van der Waals surface area contributed by atoms with Crippen LogP contribution >= 0.6 is 0 Å². The van der Waals surface area contributed by atoms with Crippen LogP contribution in [0.3, 0.4) is 0 Å². The molecule has 3 nitrogen and oxygen atoms in total. The van der Waals surface area contributed by atoms with Crippen LogP contribution in [0.2, 0.25) is 0 Å². The first-order chi connectivity index (χ1) is 10.7. The molecule has 4 heteroatoms. The molecular weight excluding hydrogens is 279 g/mol. The number of halogens is 1. The van der Waals surface area contributed by atoms with Crippen molar-refractivity contribution in [3.05, 3.63) is 35.6 Å². The van der Waals surface area contributed by atoms with Gasteiger partial charge in [-0.15, -0.1) is 0 Å². The Morgan fingerprint density at radius 2 is 2.18 bits per heavy atom. The molecule has 1 atom stereocenters. The van der Waals surface area contributed by atoms with Crippen molar-refractivity contribution >= 4 is 5.91 Å². The second-order valence-corrected chi connectivity index (χ2v) is 6.07. The third-order valence-electron chi connectivity index (χ3n) is 4.47. The number of nitrogens with one attached hydrogen (secondary N) is 1. The van der Waals surface area contributed by atoms with Crippen molar-refractivity contribution in [3.63, 3.8) is 0 Å². The Morgan fingerprint density at radius 3 is 2.95 bits per heavy atom. The van der Waals surface area contributed by atoms with Gasteiger partial charge in [0.05, 0.1) is 6.42 Å². The summed E-state index contributed by atoms with van der Waals surface area (Å²) in [6.45, 7) is 5.14. The van der Waals surface area contributed by atoms with Gasteiger partial charge in [0.2, 0.25) is 5.91 Å². The third-order valence-corrected chi connectivity index (χ3v) is 4.47. The molecule has 2 rings (SSSR count). The van der Waals surface area contributed by atoms with E-state index in [2.05, 4.69) is 17.1 Å². The Balaban J connectivity index is 1.66. The van der Waals surface area contributed by atoms with E-state index in [9.17, 15) is 9.18 Å². The molecule has 1 N–H and O–H groups in total. The fourth-order valence-corrected chi connectivity index (χ4v) is 3.20. The smallest absolute Gasteiger partial charge is 0.224 e. The molecule has 122 valence electrons. The number of carbonyl (C=O) groups is 1. The summed E-state index contributed by atoms with van der Waals surface area (Å²) in [5.74, 6) is -0.410. The largest absolute Gasteiger partial charge is 0.356 e. The maximum Gasteiger partial charge on any atom is 0.224 e. The summed E-state index contributed by atoms with van der Waals surface area (Å²) in [4.78, 5) is 14.4. The van der Waals surface area contributed by atoms with Gasteiger partial charge in [0, 0.05) is 19.1 Å². The average Bonchev–Trinajstić information content (AvgIpc) is 2.54. The fraction of sp³-hybridized carbons (Fsp3) is 0.611. The van der Waals surface area contributed by atoms with E-state index < -0.39 is 0 Å². The van der Waals surface area contributed by atoms with Crippen molar-refractivity contribution < 1.29 is 9.18 Å². The molecule has 0 aromatic heterocycles. The summed E-state index contributed by atoms with van der Waals surface area (Å²) < 4.78 is 13.5. The van der Waals surface area contributed by atoms with Crippen LogP contribution in [-0.4, -0.2) is 36.5 Å². The summed E-state index contributed by atoms with van der Waals surface area (Å²) in [5.41, 5.74) is 0.460. The Bertz CT molecular complexity index is 478. The van der Waals surface area contributed by atoms with Crippen LogP contribution in [0.1, 0.15) is 44.6 Å². The zero-order valence-corrected chi connectivity index (χ0v) is 13.5. The van der Waals surface area contributed by atoms with Gasteiger partial charge in [-0.25, -0.2) is 4.39 Å². The predicted octanol–water partition coefficient (Wildman–Crippen LogP) is 3.14. The van der Waals surface area contributed by atoms with Crippen LogP contribution in [0.5, 0.6) is 0 Å². The van der Waals surface area contributed by atoms with E-state index in [-0.39, 0.29) is 18.1 Å². The zero-order valence-electron chi connectivity index (χ0n) is 13.5. The molecule has 1 aliphatic rings. The topological polar surface area (TPSA) is 32.3 Å². The van der Waals surface area contributed by atoms with Gasteiger partial charge in [0.1, 0.15) is 5.82 Å². The number of amides is 1. The molecule has 1 aliphatic heterocycles. The fourth-order valence-electron chi connectivity index (χ4n) is 3.20. The maximum absolute atomic E-state index is 13.5. The van der Waals surface area contributed by atoms with Gasteiger partial charge in [-0.2, -0.15) is 0 Å². The van der Waals surface area contributed by atoms with Crippen molar-refractivity contribution in [1.82, 2.24) is 10.2 Å². The number of hydrogen-bond donors (Lipinski definition) is 1. The molecule has 1 aromatic carbocycles. The molecule has 22 heavy (non-hydrogen) atoms. The SMILES string of the molecule is CCC1CCCCN1CCCNC(=O)Cc1ccccc1F. The zero-order chi connectivity index (χ0) is 15.8. The van der Waals surface area contributed by atoms with Crippen molar-refractivity contribution in [2.24, 2.45) is 0 Å². The summed E-state index contributed by atoms with van der Waals surface area (Å²) >= 11 is 0. The van der Waals surface area contributed by atoms with E-state index in [0.29, 0.717) is 18.2 Å². The highest BCUT2D eigenvalue weighted by Gasteiger charge is 2.19. The highest BCUT2D eigenvalue weighted by Crippen LogP contribution is 2.19. The average molecular weight is 306 g/mol. The van der Waals surface area contributed by atoms with Crippen molar-refractivity contribution in [2.45, 2.75) is 51.5 Å². The van der Waals surface area contributed by atoms with Gasteiger partial charge in [-0.1, -0.05) is 31.5 Å². The lowest BCUT2D eigenvalue weighted by molar-refractivity contribution is -0.120. The molecule has 1 saturated heterocycles. The first-order valence-electron chi connectivity index (χ1n) is 8.45. The molecular formula is C18H27FN2O. The molecule has 1 fully saturated rings. The van der Waals surface area contributed by atoms with Crippen molar-refractivity contribution in [2.75, 3.05) is 19.6 Å². The third kappa shape index (κ3) is 5.09. The summed E-state index contributed by atoms with van der Waals surface area (Å²) in [6.07, 6.45) is 6.22. The number of hydrogen-bond acceptors (Lipinski definition) is 2. The maximum atomic E-state index is 13.5. The molecule has 0 aliphatic carbocycles. The monoisotopic (exact) mass is 306 g/mol. The normalized spacial score (nSPS) is 19.1. The highest BCUT2D eigenvalue weighted by molar-refractivity contribution is 5.78. The molecule has 0 saturated carbocycles. The summed E-state index contributed by atoms with van der Waals surface area (Å²) in [6, 6.07) is 7.16. The molecule has 1 amide bonds. The lowest BCUT2D eigenvalue weighted by Crippen LogP contribution is -2.40. The number of piperidine rings is 1. The molecule has 0 bridgehead atoms. The first kappa shape index (κ1) is 16.9. The molecule has 1 heterocycles. The van der Waals surface area contributed by atoms with Crippen LogP contribution in [0.15, 0.2) is 24.3 Å². The Morgan fingerprint density at radius 1 is 1.36 bits per heavy atom. The minimum atomic E-state index is -0.309. The predicted molar refractivity (Wildman–Crippen MR) is 87.2 cm³/mol. The Hall–Kier alpha value is -1.42. The van der Waals surface area contributed by atoms with Gasteiger partial charge in [-0.05, 0) is 43.9 Å². The van der Waals surface area contributed by atoms with Gasteiger partial charge in [0.15, 0.2) is 0 Å². The van der Waals surface area contributed by atoms with E-state index in [1.807, 2.05) is 0 Å². The van der Waals surface area contributed by atoms with E-state index >= 15 is 0 Å². The van der Waals surface area contributed by atoms with Crippen molar-refractivity contribution in [1.29, 1.82) is 0 Å². The lowest BCUT2D eigenvalue weighted by Gasteiger charge is -2.35. The van der Waals surface area contributed by atoms with Crippen molar-refractivity contribution in [3.8, 4) is 0 Å². The molecule has 0 spiro atoms. The molecule has 1 unspecified atom stereocenters. The first-order valence-corrected chi connectivity index (χ1v) is 8.45. The Kier molecular flexibility index (Phi) is 6.84. The minimum absolute atomic E-state index is 0.101. The molecule has 0 radical (unpaired) electrons. The quantitative estimate of drug-likeness (QED) is 0.785. The number of rotatable bonds is 7. The lowest BCUT2D eigenvalue weighted by atomic mass is 10.00. The number of likely N-dealkylation sites (tertiary alicyclic amines) is 1. The van der Waals surface area contributed by atoms with Gasteiger partial charge in [0.25, 0.3) is 0 Å². The van der Waals surface area contributed by atoms with E-state index in [1.165, 1.54) is 38.3 Å². The number of nitrogens with zero attached hydrogens (tertiary/aromatic N) is 1. The Labute approximate surface area is 132 Å². The molecule has 1 aromatic rings. The van der Waals surface area contributed by atoms with E-state index in [4.69, 9.17) is 0 Å². The van der Waals surface area contributed by atoms with Crippen LogP contribution in [0.25, 0.3) is 0 Å². The second-order valence-electron chi connectivity index (χ2n) is 6.07. The van der Waals surface area contributed by atoms with Gasteiger partial charge in [-0.3, -0.25) is 4.79 Å². The summed E-state index contributed by atoms with van der Waals surface area (Å²) in [7, 11) is 0. The van der Waals surface area contributed by atoms with Crippen LogP contribution in [-0.2, 0) is 11.2 Å². The number of benzene rings is 1. The minimum Gasteiger partial charge on any atom is -0.356 e. The van der Waals surface area contributed by atoms with Gasteiger partial charge < -0.3 is 10.2 Å². The van der Waals surface area contributed by atoms with Crippen LogP contribution < -0.4 is 5.32 Å². The standard InChI is InChI=1S/C18H27FN2O/c1-2-16-9-5-6-12-21(16)13-7-11-20-18(22)14-15-8-3-4-10-17(15)19/h3-4,8,10,16H,2,5-7,9,11-14H2,1H3,(H,20,22). The van der Waals surface area contributed by atoms with Crippen LogP contribution in [0, 0.1) is 5.82 Å².